The number of hydrogen-bond donors (Lipinski definition) is 1. The highest BCUT2D eigenvalue weighted by Gasteiger charge is 2.36. The molecule has 1 aromatic heterocycles. The summed E-state index contributed by atoms with van der Waals surface area (Å²) in [6.07, 6.45) is 2.86. The van der Waals surface area contributed by atoms with Crippen molar-refractivity contribution >= 4 is 17.5 Å². The first kappa shape index (κ1) is 13.7. The van der Waals surface area contributed by atoms with Gasteiger partial charge < -0.3 is 20.1 Å². The van der Waals surface area contributed by atoms with Crippen LogP contribution in [0.5, 0.6) is 0 Å². The van der Waals surface area contributed by atoms with Crippen LogP contribution in [0.25, 0.3) is 0 Å². The van der Waals surface area contributed by atoms with Crippen LogP contribution in [-0.4, -0.2) is 51.9 Å². The van der Waals surface area contributed by atoms with Crippen molar-refractivity contribution in [3.8, 4) is 0 Å². The monoisotopic (exact) mass is 290 g/mol. The third kappa shape index (κ3) is 2.63. The Labute approximate surface area is 121 Å². The first-order valence-corrected chi connectivity index (χ1v) is 7.08. The first-order chi connectivity index (χ1) is 10.0. The summed E-state index contributed by atoms with van der Waals surface area (Å²) in [7, 11) is 0. The second-order valence-corrected chi connectivity index (χ2v) is 5.55. The molecule has 21 heavy (non-hydrogen) atoms. The third-order valence-electron chi connectivity index (χ3n) is 4.16. The summed E-state index contributed by atoms with van der Waals surface area (Å²) in [5.74, 6) is 0.0702. The van der Waals surface area contributed by atoms with E-state index in [9.17, 15) is 14.4 Å². The van der Waals surface area contributed by atoms with Crippen LogP contribution in [0.2, 0.25) is 0 Å². The molecule has 3 heterocycles. The molecule has 0 saturated carbocycles. The Morgan fingerprint density at radius 2 is 2.10 bits per heavy atom. The molecule has 2 aliphatic rings. The van der Waals surface area contributed by atoms with E-state index in [2.05, 4.69) is 0 Å². The van der Waals surface area contributed by atoms with Gasteiger partial charge in [-0.05, 0) is 12.5 Å². The van der Waals surface area contributed by atoms with Crippen LogP contribution >= 0.6 is 0 Å². The molecule has 112 valence electrons. The summed E-state index contributed by atoms with van der Waals surface area (Å²) in [6, 6.07) is 3.01. The Morgan fingerprint density at radius 1 is 1.29 bits per heavy atom. The van der Waals surface area contributed by atoms with Gasteiger partial charge >= 0.3 is 0 Å². The molecule has 2 N–H and O–H groups in total. The van der Waals surface area contributed by atoms with E-state index in [-0.39, 0.29) is 30.0 Å². The summed E-state index contributed by atoms with van der Waals surface area (Å²) >= 11 is 0. The normalized spacial score (nSPS) is 21.5. The Morgan fingerprint density at radius 3 is 2.90 bits per heavy atom. The fourth-order valence-corrected chi connectivity index (χ4v) is 3.01. The third-order valence-corrected chi connectivity index (χ3v) is 4.16. The van der Waals surface area contributed by atoms with Crippen molar-refractivity contribution in [2.45, 2.75) is 25.4 Å². The number of nitrogen functional groups attached to an aromatic ring is 1. The van der Waals surface area contributed by atoms with E-state index in [1.165, 1.54) is 22.9 Å². The first-order valence-electron chi connectivity index (χ1n) is 7.08. The lowest BCUT2D eigenvalue weighted by atomic mass is 10.1. The highest BCUT2D eigenvalue weighted by Crippen LogP contribution is 2.22. The van der Waals surface area contributed by atoms with Gasteiger partial charge in [-0.25, -0.2) is 0 Å². The van der Waals surface area contributed by atoms with Crippen LogP contribution in [0, 0.1) is 0 Å². The largest absolute Gasteiger partial charge is 0.398 e. The minimum atomic E-state index is -0.243. The van der Waals surface area contributed by atoms with Crippen LogP contribution < -0.4 is 11.3 Å². The maximum atomic E-state index is 12.3. The van der Waals surface area contributed by atoms with E-state index in [0.29, 0.717) is 31.7 Å². The zero-order valence-corrected chi connectivity index (χ0v) is 11.7. The molecule has 2 saturated heterocycles. The van der Waals surface area contributed by atoms with E-state index in [0.717, 1.165) is 6.42 Å². The van der Waals surface area contributed by atoms with Crippen molar-refractivity contribution in [3.05, 3.63) is 28.7 Å². The molecule has 0 bridgehead atoms. The van der Waals surface area contributed by atoms with Crippen molar-refractivity contribution < 1.29 is 9.59 Å². The zero-order valence-electron chi connectivity index (χ0n) is 11.7. The van der Waals surface area contributed by atoms with Gasteiger partial charge in [0.1, 0.15) is 6.54 Å². The summed E-state index contributed by atoms with van der Waals surface area (Å²) in [5, 5.41) is 0. The summed E-state index contributed by atoms with van der Waals surface area (Å²) in [4.78, 5) is 39.2. The highest BCUT2D eigenvalue weighted by atomic mass is 16.2. The highest BCUT2D eigenvalue weighted by molar-refractivity contribution is 5.80. The predicted molar refractivity (Wildman–Crippen MR) is 76.4 cm³/mol. The summed E-state index contributed by atoms with van der Waals surface area (Å²) in [6.45, 7) is 1.66. The SMILES string of the molecule is Nc1ccc(=O)n(CC(=O)N2CCN3C(=O)CCC3C2)c1. The quantitative estimate of drug-likeness (QED) is 0.777. The molecule has 2 amide bonds. The van der Waals surface area contributed by atoms with E-state index < -0.39 is 0 Å². The predicted octanol–water partition coefficient (Wildman–Crippen LogP) is -0.736. The summed E-state index contributed by atoms with van der Waals surface area (Å²) < 4.78 is 1.32. The van der Waals surface area contributed by atoms with Crippen molar-refractivity contribution in [1.29, 1.82) is 0 Å². The molecule has 1 aromatic rings. The number of nitrogens with zero attached hydrogens (tertiary/aromatic N) is 3. The molecule has 2 fully saturated rings. The topological polar surface area (TPSA) is 88.6 Å². The van der Waals surface area contributed by atoms with Crippen molar-refractivity contribution in [3.63, 3.8) is 0 Å². The minimum absolute atomic E-state index is 0.00939. The molecule has 0 radical (unpaired) electrons. The van der Waals surface area contributed by atoms with Crippen molar-refractivity contribution in [1.82, 2.24) is 14.4 Å². The lowest BCUT2D eigenvalue weighted by Gasteiger charge is -2.37. The number of pyridine rings is 1. The Kier molecular flexibility index (Phi) is 3.40. The van der Waals surface area contributed by atoms with Crippen LogP contribution in [0.15, 0.2) is 23.1 Å². The van der Waals surface area contributed by atoms with Crippen LogP contribution in [0.1, 0.15) is 12.8 Å². The van der Waals surface area contributed by atoms with E-state index in [1.807, 2.05) is 4.90 Å². The number of carbonyl (C=O) groups excluding carboxylic acids is 2. The smallest absolute Gasteiger partial charge is 0.251 e. The van der Waals surface area contributed by atoms with E-state index >= 15 is 0 Å². The molecule has 2 aliphatic heterocycles. The Bertz CT molecular complexity index is 639. The minimum Gasteiger partial charge on any atom is -0.398 e. The number of rotatable bonds is 2. The Balaban J connectivity index is 1.68. The molecule has 0 spiro atoms. The fourth-order valence-electron chi connectivity index (χ4n) is 3.01. The second kappa shape index (κ2) is 5.23. The van der Waals surface area contributed by atoms with E-state index in [4.69, 9.17) is 5.73 Å². The van der Waals surface area contributed by atoms with Crippen molar-refractivity contribution in [2.75, 3.05) is 25.4 Å². The number of nitrogens with two attached hydrogens (primary N) is 1. The number of anilines is 1. The molecule has 0 aromatic carbocycles. The van der Waals surface area contributed by atoms with Gasteiger partial charge in [0, 0.05) is 50.0 Å². The van der Waals surface area contributed by atoms with Gasteiger partial charge in [0.15, 0.2) is 0 Å². The lowest BCUT2D eigenvalue weighted by molar-refractivity contribution is -0.139. The molecule has 3 rings (SSSR count). The number of fused-ring (bicyclic) bond motifs is 1. The number of hydrogen-bond acceptors (Lipinski definition) is 4. The zero-order chi connectivity index (χ0) is 15.0. The van der Waals surface area contributed by atoms with E-state index in [1.54, 1.807) is 4.90 Å². The number of aromatic nitrogens is 1. The molecular formula is C14H18N4O3. The fraction of sp³-hybridized carbons (Fsp3) is 0.500. The molecule has 0 aliphatic carbocycles. The van der Waals surface area contributed by atoms with Gasteiger partial charge in [-0.2, -0.15) is 0 Å². The summed E-state index contributed by atoms with van der Waals surface area (Å²) in [5.41, 5.74) is 5.85. The van der Waals surface area contributed by atoms with Crippen LogP contribution in [0.3, 0.4) is 0 Å². The molecule has 1 unspecified atom stereocenters. The standard InChI is InChI=1S/C14H18N4O3/c15-10-1-3-12(19)17(7-10)9-14(21)16-5-6-18-11(8-16)2-4-13(18)20/h1,3,7,11H,2,4-6,8-9,15H2. The van der Waals surface area contributed by atoms with Gasteiger partial charge in [-0.1, -0.05) is 0 Å². The molecule has 1 atom stereocenters. The van der Waals surface area contributed by atoms with Gasteiger partial charge in [-0.3, -0.25) is 14.4 Å². The number of carbonyl (C=O) groups is 2. The number of piperazine rings is 1. The van der Waals surface area contributed by atoms with Gasteiger partial charge in [0.25, 0.3) is 5.56 Å². The lowest BCUT2D eigenvalue weighted by Crippen LogP contribution is -2.54. The van der Waals surface area contributed by atoms with Crippen LogP contribution in [-0.2, 0) is 16.1 Å². The average molecular weight is 290 g/mol. The van der Waals surface area contributed by atoms with Crippen molar-refractivity contribution in [2.24, 2.45) is 0 Å². The second-order valence-electron chi connectivity index (χ2n) is 5.55. The van der Waals surface area contributed by atoms with Crippen LogP contribution in [0.4, 0.5) is 5.69 Å². The molecular weight excluding hydrogens is 272 g/mol. The average Bonchev–Trinajstić information content (AvgIpc) is 2.84. The maximum Gasteiger partial charge on any atom is 0.251 e. The maximum absolute atomic E-state index is 12.3. The van der Waals surface area contributed by atoms with Gasteiger partial charge in [-0.15, -0.1) is 0 Å². The number of amides is 2. The van der Waals surface area contributed by atoms with Gasteiger partial charge in [0.2, 0.25) is 11.8 Å². The Hall–Kier alpha value is -2.31. The molecule has 7 nitrogen and oxygen atoms in total. The van der Waals surface area contributed by atoms with Gasteiger partial charge in [0.05, 0.1) is 0 Å². The molecule has 7 heteroatoms.